The van der Waals surface area contributed by atoms with Crippen LogP contribution in [0.3, 0.4) is 0 Å². The van der Waals surface area contributed by atoms with Crippen molar-refractivity contribution in [3.05, 3.63) is 35.9 Å². The van der Waals surface area contributed by atoms with Crippen LogP contribution in [0.15, 0.2) is 30.3 Å². The average molecular weight is 871 g/mol. The van der Waals surface area contributed by atoms with Crippen LogP contribution in [0.4, 0.5) is 0 Å². The number of nitrogens with zero attached hydrogens (tertiary/aromatic N) is 1. The molecule has 17 heteroatoms. The van der Waals surface area contributed by atoms with Crippen molar-refractivity contribution in [1.29, 1.82) is 0 Å². The van der Waals surface area contributed by atoms with Crippen molar-refractivity contribution in [2.75, 3.05) is 25.1 Å². The molecule has 7 atom stereocenters. The van der Waals surface area contributed by atoms with Crippen LogP contribution in [0, 0.1) is 0 Å². The summed E-state index contributed by atoms with van der Waals surface area (Å²) in [5, 5.41) is 19.6. The number of carbonyl (C=O) groups is 8. The van der Waals surface area contributed by atoms with Gasteiger partial charge in [-0.15, -0.1) is 11.8 Å². The molecule has 16 nitrogen and oxygen atoms in total. The first-order chi connectivity index (χ1) is 29.4. The summed E-state index contributed by atoms with van der Waals surface area (Å²) in [5.74, 6) is -4.31. The molecule has 2 heterocycles. The van der Waals surface area contributed by atoms with Gasteiger partial charge in [-0.25, -0.2) is 0 Å². The van der Waals surface area contributed by atoms with Crippen molar-refractivity contribution in [3.8, 4) is 0 Å². The largest absolute Gasteiger partial charge is 0.357 e. The van der Waals surface area contributed by atoms with Gasteiger partial charge in [-0.3, -0.25) is 38.4 Å². The normalized spacial score (nSPS) is 25.5. The van der Waals surface area contributed by atoms with Gasteiger partial charge < -0.3 is 42.1 Å². The van der Waals surface area contributed by atoms with Gasteiger partial charge in [0.2, 0.25) is 47.3 Å². The molecule has 1 aromatic rings. The predicted molar refractivity (Wildman–Crippen MR) is 236 cm³/mol. The van der Waals surface area contributed by atoms with E-state index in [-0.39, 0.29) is 37.3 Å². The van der Waals surface area contributed by atoms with Crippen LogP contribution in [-0.4, -0.2) is 120 Å². The van der Waals surface area contributed by atoms with E-state index in [1.54, 1.807) is 0 Å². The standard InChI is InChI=1S/C44H70N8O8S/c1-6-10-20-30-39(55)48-31(21-11-7-2)41(57)51-35(38(54)45-5)27-61-28-37(53)46-34(26-29-18-15-14-16-19-29)42(58)50-33(23-13-9-4)44(60)52-25-17-24-36(52)43(59)49-32(22-12-8-3)40(56)47-30/h14-16,18-19,30-36H,6-13,17,20-28H2,1-5H3,(H,45,54)(H,46,53)(H,47,56)(H,48,55)(H,49,59)(H,50,58)(H,51,57)/t30-,31-,32-,33-,34-,35+,36+/m0/s1. The van der Waals surface area contributed by atoms with Crippen molar-refractivity contribution in [2.45, 2.75) is 166 Å². The van der Waals surface area contributed by atoms with E-state index in [1.807, 2.05) is 58.0 Å². The Labute approximate surface area is 365 Å². The molecule has 0 aromatic heterocycles. The number of hydrogen-bond acceptors (Lipinski definition) is 9. The number of fused-ring (bicyclic) bond motifs is 1. The van der Waals surface area contributed by atoms with E-state index >= 15 is 0 Å². The van der Waals surface area contributed by atoms with Crippen LogP contribution >= 0.6 is 11.8 Å². The van der Waals surface area contributed by atoms with Crippen molar-refractivity contribution in [2.24, 2.45) is 0 Å². The van der Waals surface area contributed by atoms with E-state index in [4.69, 9.17) is 0 Å². The lowest BCUT2D eigenvalue weighted by Gasteiger charge is -2.31. The number of rotatable bonds is 15. The van der Waals surface area contributed by atoms with Gasteiger partial charge in [-0.1, -0.05) is 109 Å². The maximum absolute atomic E-state index is 14.3. The number of unbranched alkanes of at least 4 members (excludes halogenated alkanes) is 4. The first-order valence-electron chi connectivity index (χ1n) is 22.3. The number of thioether (sulfide) groups is 1. The zero-order valence-electron chi connectivity index (χ0n) is 36.8. The van der Waals surface area contributed by atoms with E-state index < -0.39 is 89.6 Å². The third-order valence-corrected chi connectivity index (χ3v) is 12.1. The summed E-state index contributed by atoms with van der Waals surface area (Å²) in [6.07, 6.45) is 7.55. The second-order valence-corrected chi connectivity index (χ2v) is 17.0. The molecule has 0 saturated carbocycles. The monoisotopic (exact) mass is 871 g/mol. The van der Waals surface area contributed by atoms with Gasteiger partial charge in [0.1, 0.15) is 42.3 Å². The first-order valence-corrected chi connectivity index (χ1v) is 23.5. The molecule has 0 aliphatic carbocycles. The molecule has 2 aliphatic rings. The summed E-state index contributed by atoms with van der Waals surface area (Å²) in [4.78, 5) is 112. The number of likely N-dealkylation sites (N-methyl/N-ethyl adjacent to an activating group) is 1. The average Bonchev–Trinajstić information content (AvgIpc) is 3.75. The Hall–Kier alpha value is -4.67. The van der Waals surface area contributed by atoms with Gasteiger partial charge in [0.05, 0.1) is 5.75 Å². The molecule has 2 aliphatic heterocycles. The minimum Gasteiger partial charge on any atom is -0.357 e. The van der Waals surface area contributed by atoms with Crippen LogP contribution < -0.4 is 37.2 Å². The van der Waals surface area contributed by atoms with Crippen molar-refractivity contribution in [1.82, 2.24) is 42.1 Å². The molecule has 1 aromatic carbocycles. The third-order valence-electron chi connectivity index (χ3n) is 11.1. The van der Waals surface area contributed by atoms with Gasteiger partial charge in [-0.2, -0.15) is 0 Å². The number of hydrogen-bond donors (Lipinski definition) is 7. The Morgan fingerprint density at radius 3 is 1.64 bits per heavy atom. The fourth-order valence-electron chi connectivity index (χ4n) is 7.48. The molecule has 2 saturated heterocycles. The van der Waals surface area contributed by atoms with Crippen LogP contribution in [0.5, 0.6) is 0 Å². The van der Waals surface area contributed by atoms with E-state index in [9.17, 15) is 38.4 Å². The van der Waals surface area contributed by atoms with Crippen molar-refractivity contribution < 1.29 is 38.4 Å². The van der Waals surface area contributed by atoms with Gasteiger partial charge >= 0.3 is 0 Å². The molecular formula is C44H70N8O8S. The quantitative estimate of drug-likeness (QED) is 0.137. The van der Waals surface area contributed by atoms with Crippen LogP contribution in [0.25, 0.3) is 0 Å². The van der Waals surface area contributed by atoms with E-state index in [1.165, 1.54) is 11.9 Å². The predicted octanol–water partition coefficient (Wildman–Crippen LogP) is 2.38. The van der Waals surface area contributed by atoms with E-state index in [0.29, 0.717) is 51.4 Å². The fraction of sp³-hybridized carbons (Fsp3) is 0.682. The van der Waals surface area contributed by atoms with Gasteiger partial charge in [0, 0.05) is 25.8 Å². The van der Waals surface area contributed by atoms with Gasteiger partial charge in [-0.05, 0) is 44.1 Å². The molecule has 8 amide bonds. The molecule has 7 N–H and O–H groups in total. The van der Waals surface area contributed by atoms with Crippen LogP contribution in [0.2, 0.25) is 0 Å². The maximum atomic E-state index is 14.3. The topological polar surface area (TPSA) is 224 Å². The minimum atomic E-state index is -1.07. The molecule has 0 spiro atoms. The van der Waals surface area contributed by atoms with Crippen LogP contribution in [0.1, 0.15) is 123 Å². The Morgan fingerprint density at radius 2 is 1.11 bits per heavy atom. The van der Waals surface area contributed by atoms with Crippen molar-refractivity contribution >= 4 is 59.0 Å². The number of benzene rings is 1. The summed E-state index contributed by atoms with van der Waals surface area (Å²) in [5.41, 5.74) is 0.780. The zero-order valence-corrected chi connectivity index (χ0v) is 37.6. The zero-order chi connectivity index (χ0) is 44.7. The highest BCUT2D eigenvalue weighted by Gasteiger charge is 2.40. The minimum absolute atomic E-state index is 0.00741. The summed E-state index contributed by atoms with van der Waals surface area (Å²) in [6.45, 7) is 8.12. The summed E-state index contributed by atoms with van der Waals surface area (Å²) >= 11 is 1.09. The third kappa shape index (κ3) is 16.6. The van der Waals surface area contributed by atoms with Gasteiger partial charge in [0.15, 0.2) is 0 Å². The number of carbonyl (C=O) groups excluding carboxylic acids is 8. The maximum Gasteiger partial charge on any atom is 0.245 e. The fourth-order valence-corrected chi connectivity index (χ4v) is 8.34. The second-order valence-electron chi connectivity index (χ2n) is 16.0. The first kappa shape index (κ1) is 50.7. The lowest BCUT2D eigenvalue weighted by atomic mass is 10.0. The number of nitrogens with one attached hydrogen (secondary N) is 7. The summed E-state index contributed by atoms with van der Waals surface area (Å²) in [7, 11) is 1.43. The highest BCUT2D eigenvalue weighted by molar-refractivity contribution is 8.00. The summed E-state index contributed by atoms with van der Waals surface area (Å²) in [6, 6.07) is 2.11. The molecule has 0 bridgehead atoms. The molecule has 0 unspecified atom stereocenters. The molecule has 0 radical (unpaired) electrons. The van der Waals surface area contributed by atoms with E-state index in [2.05, 4.69) is 37.2 Å². The van der Waals surface area contributed by atoms with E-state index in [0.717, 1.165) is 43.0 Å². The van der Waals surface area contributed by atoms with Crippen LogP contribution in [-0.2, 0) is 44.8 Å². The number of amides is 8. The molecule has 61 heavy (non-hydrogen) atoms. The molecular weight excluding hydrogens is 801 g/mol. The lowest BCUT2D eigenvalue weighted by Crippen LogP contribution is -2.60. The lowest BCUT2D eigenvalue weighted by molar-refractivity contribution is -0.142. The molecule has 340 valence electrons. The molecule has 3 rings (SSSR count). The van der Waals surface area contributed by atoms with Crippen molar-refractivity contribution in [3.63, 3.8) is 0 Å². The Kier molecular flexibility index (Phi) is 22.7. The second kappa shape index (κ2) is 27.3. The molecule has 2 fully saturated rings. The highest BCUT2D eigenvalue weighted by atomic mass is 32.2. The SMILES string of the molecule is CCCC[C@@H]1NC(=O)[C@H](CCCC)NC(=O)[C@H]2CCCN2C(=O)[C@H](CCCC)NC(=O)[C@H](Cc2ccccc2)NC(=O)CSC[C@H](C(=O)NC)NC(=O)[C@H](CCCC)NC1=O. The van der Waals surface area contributed by atoms with Gasteiger partial charge in [0.25, 0.3) is 0 Å². The smallest absolute Gasteiger partial charge is 0.245 e. The Bertz CT molecular complexity index is 1620. The Balaban J connectivity index is 2.05. The highest BCUT2D eigenvalue weighted by Crippen LogP contribution is 2.21. The Morgan fingerprint density at radius 1 is 0.639 bits per heavy atom. The summed E-state index contributed by atoms with van der Waals surface area (Å²) < 4.78 is 0.